The van der Waals surface area contributed by atoms with Gasteiger partial charge in [-0.25, -0.2) is 12.8 Å². The van der Waals surface area contributed by atoms with Crippen molar-refractivity contribution in [1.29, 1.82) is 0 Å². The minimum atomic E-state index is -3.25. The van der Waals surface area contributed by atoms with Gasteiger partial charge in [0.2, 0.25) is 0 Å². The summed E-state index contributed by atoms with van der Waals surface area (Å²) in [6.45, 7) is 3.35. The molecule has 6 heteroatoms. The van der Waals surface area contributed by atoms with E-state index >= 15 is 0 Å². The molecule has 0 saturated heterocycles. The summed E-state index contributed by atoms with van der Waals surface area (Å²) in [7, 11) is -3.25. The number of hydrogen-bond donors (Lipinski definition) is 0. The van der Waals surface area contributed by atoms with E-state index < -0.39 is 9.84 Å². The van der Waals surface area contributed by atoms with Gasteiger partial charge >= 0.3 is 0 Å². The Labute approximate surface area is 117 Å². The highest BCUT2D eigenvalue weighted by molar-refractivity contribution is 7.90. The highest BCUT2D eigenvalue weighted by Gasteiger charge is 2.09. The lowest BCUT2D eigenvalue weighted by atomic mass is 10.1. The van der Waals surface area contributed by atoms with Crippen molar-refractivity contribution in [3.8, 4) is 11.1 Å². The fourth-order valence-electron chi connectivity index (χ4n) is 1.72. The van der Waals surface area contributed by atoms with E-state index in [1.54, 1.807) is 30.6 Å². The number of nitrogens with zero attached hydrogens (tertiary/aromatic N) is 2. The van der Waals surface area contributed by atoms with Crippen LogP contribution >= 0.6 is 0 Å². The van der Waals surface area contributed by atoms with Gasteiger partial charge in [-0.15, -0.1) is 0 Å². The number of aromatic nitrogens is 2. The molecule has 0 atom stereocenters. The summed E-state index contributed by atoms with van der Waals surface area (Å²) in [5.74, 6) is -0.385. The van der Waals surface area contributed by atoms with E-state index in [0.717, 1.165) is 23.5 Å². The lowest BCUT2D eigenvalue weighted by molar-refractivity contribution is 0.528. The van der Waals surface area contributed by atoms with Crippen molar-refractivity contribution in [2.45, 2.75) is 11.4 Å². The Morgan fingerprint density at radius 1 is 1.45 bits per heavy atom. The number of hydrogen-bond acceptors (Lipinski definition) is 3. The van der Waals surface area contributed by atoms with Gasteiger partial charge in [0, 0.05) is 18.0 Å². The monoisotopic (exact) mass is 293 g/mol. The van der Waals surface area contributed by atoms with Crippen molar-refractivity contribution in [2.24, 2.45) is 0 Å². The van der Waals surface area contributed by atoms with Crippen LogP contribution in [0.4, 0.5) is 4.39 Å². The van der Waals surface area contributed by atoms with Crippen LogP contribution in [0.5, 0.6) is 0 Å². The standard InChI is InChI=1S/C14H14FN2O2S/c1-3-13(15)10-17-9-12(8-16-17)11-5-4-6-14(7-11)20(2,18)19/h3-9H,1,10H2,2H3/b13-3-. The first-order valence-corrected chi connectivity index (χ1v) is 7.76. The molecule has 1 heterocycles. The number of sulfone groups is 1. The van der Waals surface area contributed by atoms with Gasteiger partial charge in [-0.05, 0) is 24.6 Å². The Bertz CT molecular complexity index is 748. The van der Waals surface area contributed by atoms with Crippen molar-refractivity contribution in [2.75, 3.05) is 6.26 Å². The lowest BCUT2D eigenvalue weighted by Crippen LogP contribution is -1.98. The smallest absolute Gasteiger partial charge is 0.175 e. The van der Waals surface area contributed by atoms with Gasteiger partial charge in [0.1, 0.15) is 5.83 Å². The zero-order valence-corrected chi connectivity index (χ0v) is 11.8. The molecule has 0 spiro atoms. The van der Waals surface area contributed by atoms with E-state index in [2.05, 4.69) is 12.0 Å². The maximum absolute atomic E-state index is 13.1. The van der Waals surface area contributed by atoms with E-state index in [4.69, 9.17) is 0 Å². The molecule has 0 N–H and O–H groups in total. The van der Waals surface area contributed by atoms with E-state index in [9.17, 15) is 12.8 Å². The van der Waals surface area contributed by atoms with Gasteiger partial charge in [0.15, 0.2) is 9.84 Å². The molecule has 2 rings (SSSR count). The number of halogens is 1. The molecule has 0 saturated carbocycles. The largest absolute Gasteiger partial charge is 0.265 e. The Morgan fingerprint density at radius 3 is 2.85 bits per heavy atom. The average Bonchev–Trinajstić information content (AvgIpc) is 2.86. The number of allylic oxidation sites excluding steroid dienone is 2. The van der Waals surface area contributed by atoms with Crippen LogP contribution in [0.1, 0.15) is 0 Å². The summed E-state index contributed by atoms with van der Waals surface area (Å²) >= 11 is 0. The Hall–Kier alpha value is -1.95. The van der Waals surface area contributed by atoms with Crippen molar-refractivity contribution >= 4 is 9.84 Å². The van der Waals surface area contributed by atoms with Gasteiger partial charge in [0.25, 0.3) is 0 Å². The van der Waals surface area contributed by atoms with Gasteiger partial charge < -0.3 is 0 Å². The first kappa shape index (κ1) is 14.5. The molecule has 0 aliphatic heterocycles. The van der Waals surface area contributed by atoms with Crippen LogP contribution in [-0.4, -0.2) is 24.5 Å². The van der Waals surface area contributed by atoms with Crippen LogP contribution in [0, 0.1) is 6.92 Å². The summed E-state index contributed by atoms with van der Waals surface area (Å²) in [5.41, 5.74) is 1.45. The molecule has 1 aromatic heterocycles. The SMILES string of the molecule is [CH2]/C=C(\F)Cn1cc(-c2cccc(S(C)(=O)=O)c2)cn1. The summed E-state index contributed by atoms with van der Waals surface area (Å²) < 4.78 is 37.6. The molecule has 20 heavy (non-hydrogen) atoms. The fraction of sp³-hybridized carbons (Fsp3) is 0.143. The van der Waals surface area contributed by atoms with Gasteiger partial charge in [-0.1, -0.05) is 18.2 Å². The quantitative estimate of drug-likeness (QED) is 0.870. The van der Waals surface area contributed by atoms with Crippen LogP contribution < -0.4 is 0 Å². The summed E-state index contributed by atoms with van der Waals surface area (Å²) in [6.07, 6.45) is 5.51. The molecular weight excluding hydrogens is 279 g/mol. The molecule has 4 nitrogen and oxygen atoms in total. The second-order valence-electron chi connectivity index (χ2n) is 4.38. The number of rotatable bonds is 4. The van der Waals surface area contributed by atoms with Gasteiger partial charge in [0.05, 0.1) is 17.6 Å². The van der Waals surface area contributed by atoms with Crippen molar-refractivity contribution in [1.82, 2.24) is 9.78 Å². The second-order valence-corrected chi connectivity index (χ2v) is 6.39. The molecule has 0 fully saturated rings. The molecule has 0 bridgehead atoms. The highest BCUT2D eigenvalue weighted by atomic mass is 32.2. The highest BCUT2D eigenvalue weighted by Crippen LogP contribution is 2.22. The van der Waals surface area contributed by atoms with E-state index in [0.29, 0.717) is 0 Å². The number of benzene rings is 1. The molecule has 2 aromatic rings. The van der Waals surface area contributed by atoms with Gasteiger partial charge in [-0.2, -0.15) is 5.10 Å². The van der Waals surface area contributed by atoms with Crippen LogP contribution in [0.15, 0.2) is 53.5 Å². The lowest BCUT2D eigenvalue weighted by Gasteiger charge is -2.01. The van der Waals surface area contributed by atoms with Crippen LogP contribution in [0.3, 0.4) is 0 Å². The fourth-order valence-corrected chi connectivity index (χ4v) is 2.39. The molecule has 0 aliphatic rings. The molecule has 1 radical (unpaired) electrons. The Balaban J connectivity index is 2.33. The van der Waals surface area contributed by atoms with Crippen LogP contribution in [-0.2, 0) is 16.4 Å². The first-order valence-electron chi connectivity index (χ1n) is 5.87. The summed E-state index contributed by atoms with van der Waals surface area (Å²) in [5, 5.41) is 4.03. The second kappa shape index (κ2) is 5.58. The minimum Gasteiger partial charge on any atom is -0.265 e. The van der Waals surface area contributed by atoms with Crippen molar-refractivity contribution in [3.05, 3.63) is 55.5 Å². The Kier molecular flexibility index (Phi) is 4.04. The first-order chi connectivity index (χ1) is 9.40. The Morgan fingerprint density at radius 2 is 2.20 bits per heavy atom. The molecule has 1 aromatic carbocycles. The minimum absolute atomic E-state index is 0.00919. The normalized spacial score (nSPS) is 12.7. The van der Waals surface area contributed by atoms with Crippen LogP contribution in [0.25, 0.3) is 11.1 Å². The zero-order chi connectivity index (χ0) is 14.8. The molecule has 105 valence electrons. The van der Waals surface area contributed by atoms with E-state index in [1.165, 1.54) is 10.7 Å². The molecular formula is C14H14FN2O2S. The predicted octanol–water partition coefficient (Wildman–Crippen LogP) is 2.64. The van der Waals surface area contributed by atoms with Gasteiger partial charge in [-0.3, -0.25) is 4.68 Å². The summed E-state index contributed by atoms with van der Waals surface area (Å²) in [4.78, 5) is 0.242. The van der Waals surface area contributed by atoms with Crippen molar-refractivity contribution < 1.29 is 12.8 Å². The van der Waals surface area contributed by atoms with E-state index in [1.807, 2.05) is 0 Å². The zero-order valence-electron chi connectivity index (χ0n) is 11.0. The summed E-state index contributed by atoms with van der Waals surface area (Å²) in [6, 6.07) is 6.56. The third kappa shape index (κ3) is 3.33. The van der Waals surface area contributed by atoms with E-state index in [-0.39, 0.29) is 17.3 Å². The third-order valence-electron chi connectivity index (χ3n) is 2.76. The molecule has 0 aliphatic carbocycles. The average molecular weight is 293 g/mol. The molecule has 0 unspecified atom stereocenters. The maximum Gasteiger partial charge on any atom is 0.175 e. The van der Waals surface area contributed by atoms with Crippen LogP contribution in [0.2, 0.25) is 0 Å². The molecule has 0 amide bonds. The predicted molar refractivity (Wildman–Crippen MR) is 75.3 cm³/mol. The van der Waals surface area contributed by atoms with Crippen molar-refractivity contribution in [3.63, 3.8) is 0 Å². The topological polar surface area (TPSA) is 52.0 Å². The maximum atomic E-state index is 13.1. The third-order valence-corrected chi connectivity index (χ3v) is 3.87.